The van der Waals surface area contributed by atoms with Crippen LogP contribution in [-0.2, 0) is 9.59 Å². The number of amides is 2. The van der Waals surface area contributed by atoms with Crippen LogP contribution >= 0.6 is 11.6 Å². The number of methoxy groups -OCH3 is 1. The molecule has 8 heteroatoms. The zero-order chi connectivity index (χ0) is 21.5. The predicted octanol–water partition coefficient (Wildman–Crippen LogP) is 3.42. The third kappa shape index (κ3) is 5.57. The Balaban J connectivity index is 1.52. The Labute approximate surface area is 181 Å². The average Bonchev–Trinajstić information content (AvgIpc) is 2.78. The van der Waals surface area contributed by atoms with Gasteiger partial charge in [-0.15, -0.1) is 0 Å². The Hall–Kier alpha value is -2.93. The summed E-state index contributed by atoms with van der Waals surface area (Å²) in [6, 6.07) is 12.5. The standard InChI is InChI=1S/C22H26ClN3O4/c1-3-22(28)26-12-10-25(11-13-26)20-9-4-16(14-19(20)23)24-21(27)15-30-18-7-5-17(29-2)6-8-18/h4-9,14H,3,10-13,15H2,1-2H3,(H,24,27). The normalized spacial score (nSPS) is 13.7. The quantitative estimate of drug-likeness (QED) is 0.727. The lowest BCUT2D eigenvalue weighted by atomic mass is 10.2. The zero-order valence-corrected chi connectivity index (χ0v) is 17.9. The van der Waals surface area contributed by atoms with Crippen molar-refractivity contribution in [3.05, 3.63) is 47.5 Å². The molecule has 0 saturated carbocycles. The summed E-state index contributed by atoms with van der Waals surface area (Å²) in [5, 5.41) is 3.35. The van der Waals surface area contributed by atoms with Crippen LogP contribution in [0.3, 0.4) is 0 Å². The van der Waals surface area contributed by atoms with Crippen LogP contribution in [0.1, 0.15) is 13.3 Å². The maximum atomic E-state index is 12.2. The second-order valence-electron chi connectivity index (χ2n) is 6.90. The van der Waals surface area contributed by atoms with Gasteiger partial charge in [-0.25, -0.2) is 0 Å². The van der Waals surface area contributed by atoms with E-state index in [9.17, 15) is 9.59 Å². The fourth-order valence-electron chi connectivity index (χ4n) is 3.28. The summed E-state index contributed by atoms with van der Waals surface area (Å²) in [5.74, 6) is 1.21. The molecule has 1 N–H and O–H groups in total. The van der Waals surface area contributed by atoms with E-state index in [1.807, 2.05) is 24.0 Å². The monoisotopic (exact) mass is 431 g/mol. The molecular weight excluding hydrogens is 406 g/mol. The van der Waals surface area contributed by atoms with Crippen LogP contribution in [0.15, 0.2) is 42.5 Å². The SMILES string of the molecule is CCC(=O)N1CCN(c2ccc(NC(=O)COc3ccc(OC)cc3)cc2Cl)CC1. The molecule has 7 nitrogen and oxygen atoms in total. The topological polar surface area (TPSA) is 71.1 Å². The van der Waals surface area contributed by atoms with Gasteiger partial charge in [0, 0.05) is 38.3 Å². The number of halogens is 1. The maximum absolute atomic E-state index is 12.2. The second-order valence-corrected chi connectivity index (χ2v) is 7.31. The van der Waals surface area contributed by atoms with Gasteiger partial charge in [-0.3, -0.25) is 9.59 Å². The van der Waals surface area contributed by atoms with E-state index in [0.29, 0.717) is 36.0 Å². The molecule has 2 aromatic carbocycles. The van der Waals surface area contributed by atoms with Crippen LogP contribution in [0.2, 0.25) is 5.02 Å². The molecule has 3 rings (SSSR count). The third-order valence-corrected chi connectivity index (χ3v) is 5.24. The summed E-state index contributed by atoms with van der Waals surface area (Å²) in [7, 11) is 1.59. The third-order valence-electron chi connectivity index (χ3n) is 4.94. The Morgan fingerprint density at radius 3 is 2.30 bits per heavy atom. The number of piperazine rings is 1. The number of rotatable bonds is 7. The lowest BCUT2D eigenvalue weighted by Crippen LogP contribution is -2.48. The van der Waals surface area contributed by atoms with Crippen LogP contribution in [0.4, 0.5) is 11.4 Å². The molecule has 0 atom stereocenters. The fourth-order valence-corrected chi connectivity index (χ4v) is 3.58. The van der Waals surface area contributed by atoms with Gasteiger partial charge in [0.05, 0.1) is 17.8 Å². The molecule has 0 unspecified atom stereocenters. The number of carbonyl (C=O) groups is 2. The van der Waals surface area contributed by atoms with Crippen molar-refractivity contribution in [3.63, 3.8) is 0 Å². The van der Waals surface area contributed by atoms with Gasteiger partial charge in [-0.1, -0.05) is 18.5 Å². The van der Waals surface area contributed by atoms with Crippen molar-refractivity contribution >= 4 is 34.8 Å². The summed E-state index contributed by atoms with van der Waals surface area (Å²) >= 11 is 6.46. The van der Waals surface area contributed by atoms with Crippen molar-refractivity contribution in [3.8, 4) is 11.5 Å². The molecule has 2 amide bonds. The van der Waals surface area contributed by atoms with Crippen molar-refractivity contribution in [1.82, 2.24) is 4.90 Å². The molecule has 1 saturated heterocycles. The van der Waals surface area contributed by atoms with Crippen LogP contribution in [-0.4, -0.2) is 56.6 Å². The van der Waals surface area contributed by atoms with Crippen molar-refractivity contribution in [2.24, 2.45) is 0 Å². The second kappa shape index (κ2) is 10.2. The number of ether oxygens (including phenoxy) is 2. The van der Waals surface area contributed by atoms with Crippen LogP contribution in [0.25, 0.3) is 0 Å². The van der Waals surface area contributed by atoms with E-state index in [1.54, 1.807) is 37.4 Å². The number of hydrogen-bond acceptors (Lipinski definition) is 5. The molecule has 30 heavy (non-hydrogen) atoms. The molecule has 2 aromatic rings. The molecule has 1 aliphatic heterocycles. The lowest BCUT2D eigenvalue weighted by Gasteiger charge is -2.36. The minimum absolute atomic E-state index is 0.112. The van der Waals surface area contributed by atoms with Gasteiger partial charge in [-0.2, -0.15) is 0 Å². The highest BCUT2D eigenvalue weighted by Crippen LogP contribution is 2.29. The zero-order valence-electron chi connectivity index (χ0n) is 17.2. The van der Waals surface area contributed by atoms with Gasteiger partial charge in [-0.05, 0) is 42.5 Å². The number of nitrogens with zero attached hydrogens (tertiary/aromatic N) is 2. The van der Waals surface area contributed by atoms with E-state index >= 15 is 0 Å². The molecule has 0 aromatic heterocycles. The predicted molar refractivity (Wildman–Crippen MR) is 118 cm³/mol. The van der Waals surface area contributed by atoms with Crippen molar-refractivity contribution < 1.29 is 19.1 Å². The maximum Gasteiger partial charge on any atom is 0.262 e. The average molecular weight is 432 g/mol. The highest BCUT2D eigenvalue weighted by Gasteiger charge is 2.21. The smallest absolute Gasteiger partial charge is 0.262 e. The van der Waals surface area contributed by atoms with Crippen LogP contribution in [0, 0.1) is 0 Å². The first kappa shape index (κ1) is 21.8. The first-order valence-electron chi connectivity index (χ1n) is 9.89. The van der Waals surface area contributed by atoms with E-state index < -0.39 is 0 Å². The number of hydrogen-bond donors (Lipinski definition) is 1. The number of anilines is 2. The van der Waals surface area contributed by atoms with Gasteiger partial charge >= 0.3 is 0 Å². The van der Waals surface area contributed by atoms with Gasteiger partial charge < -0.3 is 24.6 Å². The molecule has 0 radical (unpaired) electrons. The Morgan fingerprint density at radius 2 is 1.70 bits per heavy atom. The fraction of sp³-hybridized carbons (Fsp3) is 0.364. The van der Waals surface area contributed by atoms with E-state index in [0.717, 1.165) is 24.5 Å². The van der Waals surface area contributed by atoms with Crippen LogP contribution < -0.4 is 19.7 Å². The van der Waals surface area contributed by atoms with E-state index in [-0.39, 0.29) is 18.4 Å². The van der Waals surface area contributed by atoms with E-state index in [2.05, 4.69) is 10.2 Å². The highest BCUT2D eigenvalue weighted by atomic mass is 35.5. The largest absolute Gasteiger partial charge is 0.497 e. The number of nitrogens with one attached hydrogen (secondary N) is 1. The van der Waals surface area contributed by atoms with E-state index in [1.165, 1.54) is 0 Å². The molecular formula is C22H26ClN3O4. The molecule has 160 valence electrons. The lowest BCUT2D eigenvalue weighted by molar-refractivity contribution is -0.131. The first-order valence-corrected chi connectivity index (χ1v) is 10.3. The Morgan fingerprint density at radius 1 is 1.03 bits per heavy atom. The molecule has 0 bridgehead atoms. The van der Waals surface area contributed by atoms with Crippen molar-refractivity contribution in [2.75, 3.05) is 50.1 Å². The summed E-state index contributed by atoms with van der Waals surface area (Å²) in [5.41, 5.74) is 1.50. The Bertz CT molecular complexity index is 880. The molecule has 0 aliphatic carbocycles. The molecule has 1 aliphatic rings. The van der Waals surface area contributed by atoms with E-state index in [4.69, 9.17) is 21.1 Å². The molecule has 1 heterocycles. The minimum Gasteiger partial charge on any atom is -0.497 e. The van der Waals surface area contributed by atoms with Gasteiger partial charge in [0.1, 0.15) is 11.5 Å². The van der Waals surface area contributed by atoms with Gasteiger partial charge in [0.25, 0.3) is 5.91 Å². The van der Waals surface area contributed by atoms with Gasteiger partial charge in [0.15, 0.2) is 6.61 Å². The molecule has 1 fully saturated rings. The molecule has 0 spiro atoms. The van der Waals surface area contributed by atoms with Crippen LogP contribution in [0.5, 0.6) is 11.5 Å². The number of benzene rings is 2. The summed E-state index contributed by atoms with van der Waals surface area (Å²) in [6.45, 7) is 4.59. The summed E-state index contributed by atoms with van der Waals surface area (Å²) in [4.78, 5) is 28.0. The summed E-state index contributed by atoms with van der Waals surface area (Å²) in [6.07, 6.45) is 0.525. The Kier molecular flexibility index (Phi) is 7.41. The first-order chi connectivity index (χ1) is 14.5. The number of carbonyl (C=O) groups excluding carboxylic acids is 2. The minimum atomic E-state index is -0.277. The van der Waals surface area contributed by atoms with Crippen molar-refractivity contribution in [2.45, 2.75) is 13.3 Å². The summed E-state index contributed by atoms with van der Waals surface area (Å²) < 4.78 is 10.6. The highest BCUT2D eigenvalue weighted by molar-refractivity contribution is 6.33. The van der Waals surface area contributed by atoms with Gasteiger partial charge in [0.2, 0.25) is 5.91 Å². The van der Waals surface area contributed by atoms with Crippen molar-refractivity contribution in [1.29, 1.82) is 0 Å².